The number of aromatic nitrogens is 1. The lowest BCUT2D eigenvalue weighted by Crippen LogP contribution is -1.99. The molecule has 0 aliphatic heterocycles. The van der Waals surface area contributed by atoms with E-state index in [1.54, 1.807) is 18.2 Å². The standard InChI is InChI=1S/C16H16ClFN2/c1-11(8-12-4-2-3-5-15(12)18)6-7-13-9-14(17)10-20-16(13)19/h2-7,9-11H,8H2,1H3,(H2,19,20)/b7-6+. The molecule has 0 saturated carbocycles. The van der Waals surface area contributed by atoms with Crippen LogP contribution in [0.25, 0.3) is 6.08 Å². The minimum Gasteiger partial charge on any atom is -0.383 e. The number of anilines is 1. The predicted octanol–water partition coefficient (Wildman–Crippen LogP) is 4.35. The van der Waals surface area contributed by atoms with Gasteiger partial charge >= 0.3 is 0 Å². The third kappa shape index (κ3) is 3.81. The van der Waals surface area contributed by atoms with E-state index >= 15 is 0 Å². The van der Waals surface area contributed by atoms with Gasteiger partial charge in [-0.1, -0.05) is 48.9 Å². The number of benzene rings is 1. The molecule has 2 rings (SSSR count). The molecule has 0 spiro atoms. The van der Waals surface area contributed by atoms with E-state index in [1.165, 1.54) is 12.3 Å². The lowest BCUT2D eigenvalue weighted by Gasteiger charge is -2.08. The summed E-state index contributed by atoms with van der Waals surface area (Å²) >= 11 is 5.88. The Morgan fingerprint density at radius 2 is 2.15 bits per heavy atom. The fourth-order valence-corrected chi connectivity index (χ4v) is 2.11. The molecule has 1 unspecified atom stereocenters. The van der Waals surface area contributed by atoms with Crippen LogP contribution in [0.15, 0.2) is 42.6 Å². The Kier molecular flexibility index (Phi) is 4.74. The molecule has 1 aromatic carbocycles. The smallest absolute Gasteiger partial charge is 0.130 e. The summed E-state index contributed by atoms with van der Waals surface area (Å²) in [7, 11) is 0. The van der Waals surface area contributed by atoms with Crippen LogP contribution in [-0.4, -0.2) is 4.98 Å². The van der Waals surface area contributed by atoms with Crippen molar-refractivity contribution in [2.75, 3.05) is 5.73 Å². The van der Waals surface area contributed by atoms with Crippen LogP contribution in [0.1, 0.15) is 18.1 Å². The molecule has 1 atom stereocenters. The van der Waals surface area contributed by atoms with Gasteiger partial charge in [0.05, 0.1) is 5.02 Å². The molecule has 2 nitrogen and oxygen atoms in total. The molecule has 1 heterocycles. The van der Waals surface area contributed by atoms with Gasteiger partial charge in [0.1, 0.15) is 11.6 Å². The predicted molar refractivity (Wildman–Crippen MR) is 82.0 cm³/mol. The minimum absolute atomic E-state index is 0.170. The number of nitrogens with zero attached hydrogens (tertiary/aromatic N) is 1. The van der Waals surface area contributed by atoms with Gasteiger partial charge in [0.25, 0.3) is 0 Å². The van der Waals surface area contributed by atoms with E-state index in [1.807, 2.05) is 25.1 Å². The first kappa shape index (κ1) is 14.5. The minimum atomic E-state index is -0.170. The Hall–Kier alpha value is -1.87. The average molecular weight is 291 g/mol. The zero-order chi connectivity index (χ0) is 14.5. The van der Waals surface area contributed by atoms with Crippen LogP contribution in [0.4, 0.5) is 10.2 Å². The first-order valence-corrected chi connectivity index (χ1v) is 6.76. The SMILES string of the molecule is CC(/C=C/c1cc(Cl)cnc1N)Cc1ccccc1F. The summed E-state index contributed by atoms with van der Waals surface area (Å²) < 4.78 is 13.6. The van der Waals surface area contributed by atoms with E-state index in [0.29, 0.717) is 22.8 Å². The van der Waals surface area contributed by atoms with Crippen LogP contribution in [0.2, 0.25) is 5.02 Å². The molecule has 2 aromatic rings. The van der Waals surface area contributed by atoms with Crippen LogP contribution in [0.3, 0.4) is 0 Å². The zero-order valence-corrected chi connectivity index (χ0v) is 11.9. The van der Waals surface area contributed by atoms with Gasteiger partial charge in [-0.2, -0.15) is 0 Å². The molecule has 0 amide bonds. The Labute approximate surface area is 123 Å². The Balaban J connectivity index is 2.08. The van der Waals surface area contributed by atoms with Crippen molar-refractivity contribution < 1.29 is 4.39 Å². The molecule has 0 aliphatic rings. The molecule has 2 N–H and O–H groups in total. The molecule has 0 saturated heterocycles. The highest BCUT2D eigenvalue weighted by molar-refractivity contribution is 6.30. The van der Waals surface area contributed by atoms with Crippen molar-refractivity contribution in [3.05, 3.63) is 64.6 Å². The van der Waals surface area contributed by atoms with Gasteiger partial charge in [0.15, 0.2) is 0 Å². The molecule has 104 valence electrons. The number of pyridine rings is 1. The highest BCUT2D eigenvalue weighted by Crippen LogP contribution is 2.19. The lowest BCUT2D eigenvalue weighted by atomic mass is 9.99. The maximum atomic E-state index is 13.6. The van der Waals surface area contributed by atoms with Crippen molar-refractivity contribution in [2.24, 2.45) is 5.92 Å². The van der Waals surface area contributed by atoms with Gasteiger partial charge < -0.3 is 5.73 Å². The van der Waals surface area contributed by atoms with E-state index in [2.05, 4.69) is 4.98 Å². The summed E-state index contributed by atoms with van der Waals surface area (Å²) in [4.78, 5) is 3.99. The number of rotatable bonds is 4. The number of hydrogen-bond donors (Lipinski definition) is 1. The molecular formula is C16H16ClFN2. The van der Waals surface area contributed by atoms with Crippen molar-refractivity contribution in [3.8, 4) is 0 Å². The van der Waals surface area contributed by atoms with Gasteiger partial charge in [-0.15, -0.1) is 0 Å². The van der Waals surface area contributed by atoms with E-state index in [-0.39, 0.29) is 11.7 Å². The molecule has 20 heavy (non-hydrogen) atoms. The fourth-order valence-electron chi connectivity index (χ4n) is 1.95. The van der Waals surface area contributed by atoms with E-state index in [9.17, 15) is 4.39 Å². The van der Waals surface area contributed by atoms with Gasteiger partial charge in [0.2, 0.25) is 0 Å². The van der Waals surface area contributed by atoms with Crippen LogP contribution in [0.5, 0.6) is 0 Å². The molecule has 4 heteroatoms. The molecule has 0 bridgehead atoms. The Bertz CT molecular complexity index is 626. The molecule has 0 fully saturated rings. The normalized spacial score (nSPS) is 12.8. The number of nitrogens with two attached hydrogens (primary N) is 1. The summed E-state index contributed by atoms with van der Waals surface area (Å²) in [6, 6.07) is 8.57. The van der Waals surface area contributed by atoms with E-state index < -0.39 is 0 Å². The van der Waals surface area contributed by atoms with Crippen LogP contribution >= 0.6 is 11.6 Å². The zero-order valence-electron chi connectivity index (χ0n) is 11.2. The lowest BCUT2D eigenvalue weighted by molar-refractivity contribution is 0.592. The van der Waals surface area contributed by atoms with E-state index in [4.69, 9.17) is 17.3 Å². The van der Waals surface area contributed by atoms with Crippen molar-refractivity contribution in [1.29, 1.82) is 0 Å². The van der Waals surface area contributed by atoms with Gasteiger partial charge in [-0.05, 0) is 30.0 Å². The summed E-state index contributed by atoms with van der Waals surface area (Å²) in [6.07, 6.45) is 6.00. The Morgan fingerprint density at radius 1 is 1.40 bits per heavy atom. The summed E-state index contributed by atoms with van der Waals surface area (Å²) in [5.74, 6) is 0.450. The second-order valence-electron chi connectivity index (χ2n) is 4.76. The summed E-state index contributed by atoms with van der Waals surface area (Å²) in [5.41, 5.74) is 7.26. The van der Waals surface area contributed by atoms with Crippen molar-refractivity contribution in [2.45, 2.75) is 13.3 Å². The number of nitrogen functional groups attached to an aromatic ring is 1. The average Bonchev–Trinajstić information content (AvgIpc) is 2.42. The van der Waals surface area contributed by atoms with E-state index in [0.717, 1.165) is 5.56 Å². The second-order valence-corrected chi connectivity index (χ2v) is 5.20. The quantitative estimate of drug-likeness (QED) is 0.909. The van der Waals surface area contributed by atoms with Crippen LogP contribution in [-0.2, 0) is 6.42 Å². The highest BCUT2D eigenvalue weighted by atomic mass is 35.5. The molecule has 1 aromatic heterocycles. The summed E-state index contributed by atoms with van der Waals surface area (Å²) in [5, 5.41) is 0.542. The first-order chi connectivity index (χ1) is 9.56. The number of halogens is 2. The van der Waals surface area contributed by atoms with Crippen molar-refractivity contribution in [3.63, 3.8) is 0 Å². The third-order valence-corrected chi connectivity index (χ3v) is 3.23. The third-order valence-electron chi connectivity index (χ3n) is 3.02. The van der Waals surface area contributed by atoms with Crippen molar-refractivity contribution >= 4 is 23.5 Å². The first-order valence-electron chi connectivity index (χ1n) is 6.39. The van der Waals surface area contributed by atoms with Gasteiger partial charge in [-0.25, -0.2) is 9.37 Å². The topological polar surface area (TPSA) is 38.9 Å². The van der Waals surface area contributed by atoms with Gasteiger partial charge in [-0.3, -0.25) is 0 Å². The molecule has 0 aliphatic carbocycles. The largest absolute Gasteiger partial charge is 0.383 e. The maximum absolute atomic E-state index is 13.6. The molecular weight excluding hydrogens is 275 g/mol. The number of hydrogen-bond acceptors (Lipinski definition) is 2. The fraction of sp³-hybridized carbons (Fsp3) is 0.188. The maximum Gasteiger partial charge on any atom is 0.130 e. The molecule has 0 radical (unpaired) electrons. The monoisotopic (exact) mass is 290 g/mol. The summed E-state index contributed by atoms with van der Waals surface area (Å²) in [6.45, 7) is 2.02. The second kappa shape index (κ2) is 6.53. The van der Waals surface area contributed by atoms with Crippen LogP contribution in [0, 0.1) is 11.7 Å². The highest BCUT2D eigenvalue weighted by Gasteiger charge is 2.05. The number of allylic oxidation sites excluding steroid dienone is 1. The van der Waals surface area contributed by atoms with Crippen LogP contribution < -0.4 is 5.73 Å². The van der Waals surface area contributed by atoms with Crippen molar-refractivity contribution in [1.82, 2.24) is 4.98 Å². The Morgan fingerprint density at radius 3 is 2.90 bits per heavy atom. The van der Waals surface area contributed by atoms with Gasteiger partial charge in [0, 0.05) is 11.8 Å².